The second-order valence-electron chi connectivity index (χ2n) is 3.47. The van der Waals surface area contributed by atoms with Crippen molar-refractivity contribution < 1.29 is 14.3 Å². The van der Waals surface area contributed by atoms with E-state index in [1.54, 1.807) is 6.92 Å². The van der Waals surface area contributed by atoms with Gasteiger partial charge in [0.1, 0.15) is 0 Å². The third kappa shape index (κ3) is 5.45. The molecule has 0 fully saturated rings. The quantitative estimate of drug-likeness (QED) is 0.481. The van der Waals surface area contributed by atoms with E-state index in [1.807, 2.05) is 6.08 Å². The largest absolute Gasteiger partial charge is 0.508 e. The summed E-state index contributed by atoms with van der Waals surface area (Å²) in [6.45, 7) is 10.5. The van der Waals surface area contributed by atoms with Crippen molar-refractivity contribution in [2.45, 2.75) is 33.6 Å². The van der Waals surface area contributed by atoms with Gasteiger partial charge < -0.3 is 9.47 Å². The lowest BCUT2D eigenvalue weighted by molar-refractivity contribution is 0.0417. The maximum absolute atomic E-state index is 11.0. The Labute approximate surface area is 92.5 Å². The van der Waals surface area contributed by atoms with Crippen molar-refractivity contribution in [2.75, 3.05) is 13.2 Å². The predicted molar refractivity (Wildman–Crippen MR) is 60.7 cm³/mol. The number of allylic oxidation sites excluding steroid dienone is 1. The van der Waals surface area contributed by atoms with Crippen LogP contribution >= 0.6 is 0 Å². The summed E-state index contributed by atoms with van der Waals surface area (Å²) in [5, 5.41) is 0. The molecule has 15 heavy (non-hydrogen) atoms. The Morgan fingerprint density at radius 2 is 1.93 bits per heavy atom. The highest BCUT2D eigenvalue weighted by molar-refractivity contribution is 5.59. The van der Waals surface area contributed by atoms with Gasteiger partial charge in [-0.1, -0.05) is 19.9 Å². The molecule has 0 aliphatic heterocycles. The monoisotopic (exact) mass is 214 g/mol. The predicted octanol–water partition coefficient (Wildman–Crippen LogP) is 3.40. The van der Waals surface area contributed by atoms with Crippen LogP contribution < -0.4 is 0 Å². The topological polar surface area (TPSA) is 35.5 Å². The molecule has 0 heterocycles. The molecule has 0 bridgehead atoms. The summed E-state index contributed by atoms with van der Waals surface area (Å²) in [6, 6.07) is 0. The number of ether oxygens (including phenoxy) is 2. The highest BCUT2D eigenvalue weighted by Crippen LogP contribution is 2.20. The maximum Gasteiger partial charge on any atom is 0.508 e. The van der Waals surface area contributed by atoms with E-state index < -0.39 is 6.16 Å². The van der Waals surface area contributed by atoms with Gasteiger partial charge in [-0.25, -0.2) is 4.79 Å². The lowest BCUT2D eigenvalue weighted by Crippen LogP contribution is -2.20. The van der Waals surface area contributed by atoms with Gasteiger partial charge in [-0.15, -0.1) is 6.58 Å². The molecule has 0 spiro atoms. The molecule has 0 aromatic heterocycles. The van der Waals surface area contributed by atoms with Crippen LogP contribution in [0.2, 0.25) is 0 Å². The van der Waals surface area contributed by atoms with Crippen molar-refractivity contribution in [2.24, 2.45) is 11.8 Å². The summed E-state index contributed by atoms with van der Waals surface area (Å²) in [6.07, 6.45) is 3.36. The number of carbonyl (C=O) groups is 1. The summed E-state index contributed by atoms with van der Waals surface area (Å²) in [4.78, 5) is 11.0. The molecule has 0 saturated carbocycles. The zero-order valence-corrected chi connectivity index (χ0v) is 9.99. The highest BCUT2D eigenvalue weighted by atomic mass is 16.7. The van der Waals surface area contributed by atoms with Crippen LogP contribution in [-0.2, 0) is 9.47 Å². The first-order valence-corrected chi connectivity index (χ1v) is 5.61. The van der Waals surface area contributed by atoms with Crippen LogP contribution in [0.5, 0.6) is 0 Å². The normalized spacial score (nSPS) is 14.1. The van der Waals surface area contributed by atoms with Gasteiger partial charge in [0.2, 0.25) is 0 Å². The Morgan fingerprint density at radius 3 is 2.33 bits per heavy atom. The van der Waals surface area contributed by atoms with Gasteiger partial charge in [-0.3, -0.25) is 0 Å². The molecule has 0 aliphatic rings. The van der Waals surface area contributed by atoms with Crippen molar-refractivity contribution in [3.63, 3.8) is 0 Å². The van der Waals surface area contributed by atoms with Crippen molar-refractivity contribution >= 4 is 6.16 Å². The van der Waals surface area contributed by atoms with Crippen molar-refractivity contribution in [1.29, 1.82) is 0 Å². The molecule has 2 unspecified atom stereocenters. The molecule has 0 radical (unpaired) electrons. The van der Waals surface area contributed by atoms with Crippen LogP contribution in [-0.4, -0.2) is 19.4 Å². The van der Waals surface area contributed by atoms with Crippen LogP contribution in [0.15, 0.2) is 12.7 Å². The molecule has 0 aliphatic carbocycles. The minimum absolute atomic E-state index is 0.344. The van der Waals surface area contributed by atoms with Gasteiger partial charge in [-0.2, -0.15) is 0 Å². The van der Waals surface area contributed by atoms with E-state index in [2.05, 4.69) is 20.4 Å². The molecule has 0 N–H and O–H groups in total. The molecule has 88 valence electrons. The Kier molecular flexibility index (Phi) is 7.78. The SMILES string of the molecule is C=CC(CC)C(CC)COC(=O)OCC. The lowest BCUT2D eigenvalue weighted by atomic mass is 9.89. The van der Waals surface area contributed by atoms with Crippen molar-refractivity contribution in [3.8, 4) is 0 Å². The Hall–Kier alpha value is -0.990. The van der Waals surface area contributed by atoms with Crippen molar-refractivity contribution in [1.82, 2.24) is 0 Å². The minimum atomic E-state index is -0.574. The van der Waals surface area contributed by atoms with Gasteiger partial charge in [0.25, 0.3) is 0 Å². The average molecular weight is 214 g/mol. The maximum atomic E-state index is 11.0. The molecule has 0 aromatic carbocycles. The number of hydrogen-bond acceptors (Lipinski definition) is 3. The Morgan fingerprint density at radius 1 is 1.27 bits per heavy atom. The molecular weight excluding hydrogens is 192 g/mol. The van der Waals surface area contributed by atoms with Crippen molar-refractivity contribution in [3.05, 3.63) is 12.7 Å². The lowest BCUT2D eigenvalue weighted by Gasteiger charge is -2.21. The summed E-state index contributed by atoms with van der Waals surface area (Å²) in [7, 11) is 0. The van der Waals surface area contributed by atoms with Gasteiger partial charge in [0.05, 0.1) is 13.2 Å². The van der Waals surface area contributed by atoms with E-state index in [4.69, 9.17) is 9.47 Å². The summed E-state index contributed by atoms with van der Waals surface area (Å²) in [5.74, 6) is 0.751. The van der Waals surface area contributed by atoms with Gasteiger partial charge >= 0.3 is 6.16 Å². The second-order valence-corrected chi connectivity index (χ2v) is 3.47. The first kappa shape index (κ1) is 14.0. The van der Waals surface area contributed by atoms with E-state index in [0.29, 0.717) is 25.0 Å². The third-order valence-electron chi connectivity index (χ3n) is 2.58. The Balaban J connectivity index is 3.98. The standard InChI is InChI=1S/C12H22O3/c1-5-10(6-2)11(7-3)9-15-12(13)14-8-4/h5,10-11H,1,6-9H2,2-4H3. The van der Waals surface area contributed by atoms with Crippen LogP contribution in [0.1, 0.15) is 33.6 Å². The fraction of sp³-hybridized carbons (Fsp3) is 0.750. The summed E-state index contributed by atoms with van der Waals surface area (Å²) >= 11 is 0. The number of rotatable bonds is 7. The van der Waals surface area contributed by atoms with Crippen LogP contribution in [0.4, 0.5) is 4.79 Å². The van der Waals surface area contributed by atoms with Gasteiger partial charge in [-0.05, 0) is 31.6 Å². The zero-order valence-electron chi connectivity index (χ0n) is 9.99. The minimum Gasteiger partial charge on any atom is -0.435 e. The Bertz CT molecular complexity index is 189. The van der Waals surface area contributed by atoms with Gasteiger partial charge in [0, 0.05) is 0 Å². The fourth-order valence-corrected chi connectivity index (χ4v) is 1.57. The van der Waals surface area contributed by atoms with Crippen LogP contribution in [0, 0.1) is 11.8 Å². The molecule has 0 aromatic rings. The molecule has 3 nitrogen and oxygen atoms in total. The van der Waals surface area contributed by atoms with E-state index in [9.17, 15) is 4.79 Å². The highest BCUT2D eigenvalue weighted by Gasteiger charge is 2.17. The average Bonchev–Trinajstić information content (AvgIpc) is 2.24. The summed E-state index contributed by atoms with van der Waals surface area (Å²) in [5.41, 5.74) is 0. The molecule has 3 heteroatoms. The van der Waals surface area contributed by atoms with Gasteiger partial charge in [0.15, 0.2) is 0 Å². The summed E-state index contributed by atoms with van der Waals surface area (Å²) < 4.78 is 9.71. The third-order valence-corrected chi connectivity index (χ3v) is 2.58. The second kappa shape index (κ2) is 8.33. The van der Waals surface area contributed by atoms with E-state index in [1.165, 1.54) is 0 Å². The number of carbonyl (C=O) groups excluding carboxylic acids is 1. The molecule has 0 amide bonds. The molecular formula is C12H22O3. The first-order valence-electron chi connectivity index (χ1n) is 5.61. The van der Waals surface area contributed by atoms with E-state index in [-0.39, 0.29) is 0 Å². The first-order chi connectivity index (χ1) is 7.19. The number of hydrogen-bond donors (Lipinski definition) is 0. The fourth-order valence-electron chi connectivity index (χ4n) is 1.57. The molecule has 0 rings (SSSR count). The molecule has 0 saturated heterocycles. The van der Waals surface area contributed by atoms with E-state index >= 15 is 0 Å². The van der Waals surface area contributed by atoms with Crippen LogP contribution in [0.25, 0.3) is 0 Å². The zero-order chi connectivity index (χ0) is 11.7. The molecule has 2 atom stereocenters. The smallest absolute Gasteiger partial charge is 0.435 e. The van der Waals surface area contributed by atoms with E-state index in [0.717, 1.165) is 12.8 Å². The van der Waals surface area contributed by atoms with Crippen LogP contribution in [0.3, 0.4) is 0 Å².